The van der Waals surface area contributed by atoms with Gasteiger partial charge in [0.25, 0.3) is 0 Å². The van der Waals surface area contributed by atoms with Gasteiger partial charge in [-0.05, 0) is 51.1 Å². The van der Waals surface area contributed by atoms with E-state index >= 15 is 0 Å². The lowest BCUT2D eigenvalue weighted by Crippen LogP contribution is -2.41. The maximum absolute atomic E-state index is 5.99. The average molecular weight is 240 g/mol. The summed E-state index contributed by atoms with van der Waals surface area (Å²) in [6.07, 6.45) is 8.11. The summed E-state index contributed by atoms with van der Waals surface area (Å²) < 4.78 is 0. The molecule has 1 saturated heterocycles. The molecule has 2 atom stereocenters. The van der Waals surface area contributed by atoms with Crippen LogP contribution in [0.3, 0.4) is 0 Å². The Morgan fingerprint density at radius 1 is 1.24 bits per heavy atom. The summed E-state index contributed by atoms with van der Waals surface area (Å²) in [6.45, 7) is 10.7. The molecule has 102 valence electrons. The van der Waals surface area contributed by atoms with Gasteiger partial charge in [-0.15, -0.1) is 0 Å². The van der Waals surface area contributed by atoms with Crippen LogP contribution in [0.4, 0.5) is 0 Å². The minimum absolute atomic E-state index is 0.388. The van der Waals surface area contributed by atoms with Gasteiger partial charge in [-0.25, -0.2) is 0 Å². The first-order valence-corrected chi connectivity index (χ1v) is 7.65. The predicted octanol–water partition coefficient (Wildman–Crippen LogP) is 3.26. The number of rotatable bonds is 7. The molecular formula is C15H32N2. The topological polar surface area (TPSA) is 29.3 Å². The third-order valence-electron chi connectivity index (χ3n) is 4.44. The summed E-state index contributed by atoms with van der Waals surface area (Å²) in [5.41, 5.74) is 5.99. The number of unbranched alkanes of at least 4 members (excludes halogenated alkanes) is 1. The van der Waals surface area contributed by atoms with Crippen LogP contribution in [0.15, 0.2) is 0 Å². The first-order valence-electron chi connectivity index (χ1n) is 7.65. The van der Waals surface area contributed by atoms with E-state index in [0.29, 0.717) is 6.04 Å². The molecule has 2 heteroatoms. The Balaban J connectivity index is 2.23. The number of nitrogens with two attached hydrogens (primary N) is 1. The Morgan fingerprint density at radius 2 is 1.88 bits per heavy atom. The molecule has 0 aromatic heterocycles. The van der Waals surface area contributed by atoms with E-state index in [1.807, 2.05) is 0 Å². The molecule has 1 rings (SSSR count). The number of hydrogen-bond donors (Lipinski definition) is 1. The van der Waals surface area contributed by atoms with Crippen molar-refractivity contribution in [2.24, 2.45) is 17.6 Å². The van der Waals surface area contributed by atoms with Gasteiger partial charge >= 0.3 is 0 Å². The summed E-state index contributed by atoms with van der Waals surface area (Å²) >= 11 is 0. The molecule has 0 spiro atoms. The van der Waals surface area contributed by atoms with E-state index in [-0.39, 0.29) is 0 Å². The Hall–Kier alpha value is -0.0800. The lowest BCUT2D eigenvalue weighted by atomic mass is 9.90. The van der Waals surface area contributed by atoms with Crippen molar-refractivity contribution >= 4 is 0 Å². The molecule has 2 unspecified atom stereocenters. The van der Waals surface area contributed by atoms with Crippen molar-refractivity contribution in [3.05, 3.63) is 0 Å². The molecule has 0 amide bonds. The molecule has 0 aromatic rings. The predicted molar refractivity (Wildman–Crippen MR) is 76.1 cm³/mol. The minimum atomic E-state index is 0.388. The largest absolute Gasteiger partial charge is 0.328 e. The van der Waals surface area contributed by atoms with Crippen LogP contribution in [0.25, 0.3) is 0 Å². The van der Waals surface area contributed by atoms with Crippen LogP contribution in [0.5, 0.6) is 0 Å². The third kappa shape index (κ3) is 5.39. The number of likely N-dealkylation sites (tertiary alicyclic amines) is 1. The van der Waals surface area contributed by atoms with E-state index in [2.05, 4.69) is 25.7 Å². The van der Waals surface area contributed by atoms with Gasteiger partial charge in [-0.3, -0.25) is 0 Å². The van der Waals surface area contributed by atoms with Gasteiger partial charge in [0, 0.05) is 12.6 Å². The van der Waals surface area contributed by atoms with Crippen molar-refractivity contribution in [3.8, 4) is 0 Å². The SMILES string of the molecule is CCCCC(CC)CN1CCC(C(C)N)CC1. The number of piperidine rings is 1. The van der Waals surface area contributed by atoms with Crippen LogP contribution >= 0.6 is 0 Å². The van der Waals surface area contributed by atoms with Crippen LogP contribution < -0.4 is 5.73 Å². The lowest BCUT2D eigenvalue weighted by molar-refractivity contribution is 0.146. The maximum atomic E-state index is 5.99. The van der Waals surface area contributed by atoms with Crippen molar-refractivity contribution < 1.29 is 0 Å². The molecule has 0 aromatic carbocycles. The average Bonchev–Trinajstić information content (AvgIpc) is 2.35. The van der Waals surface area contributed by atoms with Crippen LogP contribution in [0.2, 0.25) is 0 Å². The summed E-state index contributed by atoms with van der Waals surface area (Å²) in [5, 5.41) is 0. The van der Waals surface area contributed by atoms with Gasteiger partial charge in [0.2, 0.25) is 0 Å². The van der Waals surface area contributed by atoms with E-state index in [0.717, 1.165) is 11.8 Å². The van der Waals surface area contributed by atoms with Gasteiger partial charge in [0.15, 0.2) is 0 Å². The van der Waals surface area contributed by atoms with E-state index in [1.54, 1.807) is 0 Å². The molecule has 2 N–H and O–H groups in total. The first-order chi connectivity index (χ1) is 8.17. The molecule has 0 saturated carbocycles. The summed E-state index contributed by atoms with van der Waals surface area (Å²) in [7, 11) is 0. The zero-order valence-electron chi connectivity index (χ0n) is 12.1. The van der Waals surface area contributed by atoms with Gasteiger partial charge < -0.3 is 10.6 Å². The maximum Gasteiger partial charge on any atom is 0.00397 e. The highest BCUT2D eigenvalue weighted by Gasteiger charge is 2.22. The molecule has 0 bridgehead atoms. The normalized spacial score (nSPS) is 22.6. The van der Waals surface area contributed by atoms with Gasteiger partial charge in [0.05, 0.1) is 0 Å². The van der Waals surface area contributed by atoms with Crippen molar-refractivity contribution in [2.45, 2.75) is 65.3 Å². The fourth-order valence-electron chi connectivity index (χ4n) is 2.94. The molecule has 0 aliphatic carbocycles. The molecule has 2 nitrogen and oxygen atoms in total. The highest BCUT2D eigenvalue weighted by Crippen LogP contribution is 2.22. The highest BCUT2D eigenvalue weighted by atomic mass is 15.1. The number of hydrogen-bond acceptors (Lipinski definition) is 2. The molecule has 0 radical (unpaired) electrons. The number of nitrogens with zero attached hydrogens (tertiary/aromatic N) is 1. The second kappa shape index (κ2) is 8.10. The Kier molecular flexibility index (Phi) is 7.14. The summed E-state index contributed by atoms with van der Waals surface area (Å²) in [5.74, 6) is 1.68. The zero-order chi connectivity index (χ0) is 12.7. The molecule has 1 fully saturated rings. The van der Waals surface area contributed by atoms with Crippen LogP contribution in [-0.4, -0.2) is 30.6 Å². The summed E-state index contributed by atoms with van der Waals surface area (Å²) in [4.78, 5) is 2.67. The van der Waals surface area contributed by atoms with Crippen molar-refractivity contribution in [3.63, 3.8) is 0 Å². The lowest BCUT2D eigenvalue weighted by Gasteiger charge is -2.35. The molecule has 1 aliphatic heterocycles. The molecular weight excluding hydrogens is 208 g/mol. The Labute approximate surface area is 108 Å². The van der Waals surface area contributed by atoms with E-state index < -0.39 is 0 Å². The van der Waals surface area contributed by atoms with Crippen molar-refractivity contribution in [1.82, 2.24) is 4.90 Å². The van der Waals surface area contributed by atoms with E-state index in [1.165, 1.54) is 58.2 Å². The second-order valence-electron chi connectivity index (χ2n) is 5.91. The van der Waals surface area contributed by atoms with E-state index in [4.69, 9.17) is 5.73 Å². The highest BCUT2D eigenvalue weighted by molar-refractivity contribution is 4.78. The quantitative estimate of drug-likeness (QED) is 0.740. The smallest absolute Gasteiger partial charge is 0.00397 e. The zero-order valence-corrected chi connectivity index (χ0v) is 12.1. The van der Waals surface area contributed by atoms with E-state index in [9.17, 15) is 0 Å². The standard InChI is InChI=1S/C15H32N2/c1-4-6-7-14(5-2)12-17-10-8-15(9-11-17)13(3)16/h13-15H,4-12,16H2,1-3H3. The Morgan fingerprint density at radius 3 is 2.35 bits per heavy atom. The summed E-state index contributed by atoms with van der Waals surface area (Å²) in [6, 6.07) is 0.388. The molecule has 1 aliphatic rings. The van der Waals surface area contributed by atoms with Crippen molar-refractivity contribution in [2.75, 3.05) is 19.6 Å². The fraction of sp³-hybridized carbons (Fsp3) is 1.00. The van der Waals surface area contributed by atoms with Crippen LogP contribution in [-0.2, 0) is 0 Å². The van der Waals surface area contributed by atoms with Gasteiger partial charge in [-0.2, -0.15) is 0 Å². The van der Waals surface area contributed by atoms with Crippen LogP contribution in [0, 0.1) is 11.8 Å². The molecule has 1 heterocycles. The van der Waals surface area contributed by atoms with Gasteiger partial charge in [0.1, 0.15) is 0 Å². The molecule has 17 heavy (non-hydrogen) atoms. The minimum Gasteiger partial charge on any atom is -0.328 e. The first kappa shape index (κ1) is 15.0. The van der Waals surface area contributed by atoms with Gasteiger partial charge in [-0.1, -0.05) is 33.1 Å². The Bertz CT molecular complexity index is 183. The van der Waals surface area contributed by atoms with Crippen LogP contribution in [0.1, 0.15) is 59.3 Å². The van der Waals surface area contributed by atoms with Crippen molar-refractivity contribution in [1.29, 1.82) is 0 Å². The monoisotopic (exact) mass is 240 g/mol. The third-order valence-corrected chi connectivity index (χ3v) is 4.44. The fourth-order valence-corrected chi connectivity index (χ4v) is 2.94. The second-order valence-corrected chi connectivity index (χ2v) is 5.91.